The van der Waals surface area contributed by atoms with E-state index in [9.17, 15) is 9.90 Å². The molecule has 5 heteroatoms. The molecule has 0 aromatic carbocycles. The predicted molar refractivity (Wildman–Crippen MR) is 59.1 cm³/mol. The zero-order valence-corrected chi connectivity index (χ0v) is 9.66. The molecule has 0 atom stereocenters. The van der Waals surface area contributed by atoms with Gasteiger partial charge in [0.05, 0.1) is 17.4 Å². The van der Waals surface area contributed by atoms with Crippen molar-refractivity contribution in [2.75, 3.05) is 13.1 Å². The fraction of sp³-hybridized carbons (Fsp3) is 0.636. The van der Waals surface area contributed by atoms with Crippen molar-refractivity contribution in [2.45, 2.75) is 32.3 Å². The molecule has 1 aromatic heterocycles. The lowest BCUT2D eigenvalue weighted by Crippen LogP contribution is -2.45. The van der Waals surface area contributed by atoms with Crippen LogP contribution in [0, 0.1) is 6.92 Å². The molecule has 0 bridgehead atoms. The summed E-state index contributed by atoms with van der Waals surface area (Å²) in [5.74, 6) is 0.00162. The maximum atomic E-state index is 12.1. The number of likely N-dealkylation sites (tertiary alicyclic amines) is 1. The summed E-state index contributed by atoms with van der Waals surface area (Å²) in [6.45, 7) is 4.87. The molecule has 1 fully saturated rings. The van der Waals surface area contributed by atoms with E-state index in [0.717, 1.165) is 5.69 Å². The van der Waals surface area contributed by atoms with Gasteiger partial charge in [0.25, 0.3) is 5.91 Å². The lowest BCUT2D eigenvalue weighted by Gasteiger charge is -2.35. The van der Waals surface area contributed by atoms with E-state index in [0.29, 0.717) is 31.5 Å². The number of rotatable bonds is 1. The van der Waals surface area contributed by atoms with Crippen molar-refractivity contribution in [3.63, 3.8) is 0 Å². The molecule has 1 aromatic rings. The number of aliphatic hydroxyl groups is 1. The highest BCUT2D eigenvalue weighted by molar-refractivity contribution is 5.95. The van der Waals surface area contributed by atoms with Gasteiger partial charge in [0.2, 0.25) is 0 Å². The molecule has 1 amide bonds. The number of carbonyl (C=O) groups excluding carboxylic acids is 1. The van der Waals surface area contributed by atoms with Crippen LogP contribution in [0.5, 0.6) is 0 Å². The number of amides is 1. The van der Waals surface area contributed by atoms with Crippen LogP contribution in [0.4, 0.5) is 0 Å². The fourth-order valence-corrected chi connectivity index (χ4v) is 1.93. The number of nitrogens with one attached hydrogen (secondary N) is 1. The van der Waals surface area contributed by atoms with Crippen LogP contribution in [0.25, 0.3) is 0 Å². The Morgan fingerprint density at radius 1 is 1.56 bits per heavy atom. The summed E-state index contributed by atoms with van der Waals surface area (Å²) in [6.07, 6.45) is 2.83. The van der Waals surface area contributed by atoms with Gasteiger partial charge in [0, 0.05) is 18.8 Å². The van der Waals surface area contributed by atoms with Gasteiger partial charge in [-0.1, -0.05) is 0 Å². The largest absolute Gasteiger partial charge is 0.390 e. The first-order valence-corrected chi connectivity index (χ1v) is 5.51. The van der Waals surface area contributed by atoms with Gasteiger partial charge in [0.15, 0.2) is 0 Å². The number of hydrogen-bond donors (Lipinski definition) is 2. The summed E-state index contributed by atoms with van der Waals surface area (Å²) in [5, 5.41) is 16.4. The third-order valence-electron chi connectivity index (χ3n) is 3.19. The molecule has 0 spiro atoms. The minimum absolute atomic E-state index is 0.00162. The minimum atomic E-state index is -0.623. The van der Waals surface area contributed by atoms with Gasteiger partial charge < -0.3 is 10.0 Å². The summed E-state index contributed by atoms with van der Waals surface area (Å²) in [4.78, 5) is 13.9. The van der Waals surface area contributed by atoms with E-state index in [1.54, 1.807) is 11.1 Å². The predicted octanol–water partition coefficient (Wildman–Crippen LogP) is 0.705. The molecule has 0 radical (unpaired) electrons. The third kappa shape index (κ3) is 2.09. The second-order valence-electron chi connectivity index (χ2n) is 4.70. The van der Waals surface area contributed by atoms with Gasteiger partial charge in [-0.15, -0.1) is 0 Å². The Morgan fingerprint density at radius 2 is 2.19 bits per heavy atom. The van der Waals surface area contributed by atoms with Crippen molar-refractivity contribution in [3.05, 3.63) is 17.5 Å². The van der Waals surface area contributed by atoms with Crippen molar-refractivity contribution in [3.8, 4) is 0 Å². The number of piperidine rings is 1. The maximum Gasteiger partial charge on any atom is 0.257 e. The molecule has 5 nitrogen and oxygen atoms in total. The number of aromatic nitrogens is 2. The molecule has 0 saturated carbocycles. The Morgan fingerprint density at radius 3 is 2.69 bits per heavy atom. The summed E-state index contributed by atoms with van der Waals surface area (Å²) < 4.78 is 0. The quantitative estimate of drug-likeness (QED) is 0.736. The monoisotopic (exact) mass is 223 g/mol. The molecule has 2 rings (SSSR count). The molecule has 1 saturated heterocycles. The molecule has 2 N–H and O–H groups in total. The zero-order valence-electron chi connectivity index (χ0n) is 9.66. The standard InChI is InChI=1S/C11H17N3O2/c1-8-9(7-12-13-8)10(15)14-5-3-11(2,16)4-6-14/h7,16H,3-6H2,1-2H3,(H,12,13). The van der Waals surface area contributed by atoms with Crippen molar-refractivity contribution in [1.29, 1.82) is 0 Å². The van der Waals surface area contributed by atoms with E-state index in [2.05, 4.69) is 10.2 Å². The van der Waals surface area contributed by atoms with Crippen LogP contribution < -0.4 is 0 Å². The first kappa shape index (κ1) is 11.1. The van der Waals surface area contributed by atoms with Gasteiger partial charge in [-0.2, -0.15) is 5.10 Å². The summed E-state index contributed by atoms with van der Waals surface area (Å²) >= 11 is 0. The van der Waals surface area contributed by atoms with Crippen LogP contribution in [0.3, 0.4) is 0 Å². The topological polar surface area (TPSA) is 69.2 Å². The van der Waals surface area contributed by atoms with E-state index in [4.69, 9.17) is 0 Å². The minimum Gasteiger partial charge on any atom is -0.390 e. The fourth-order valence-electron chi connectivity index (χ4n) is 1.93. The Bertz CT molecular complexity index is 388. The Labute approximate surface area is 94.5 Å². The lowest BCUT2D eigenvalue weighted by atomic mass is 9.93. The number of aryl methyl sites for hydroxylation is 1. The van der Waals surface area contributed by atoms with Crippen LogP contribution >= 0.6 is 0 Å². The number of aromatic amines is 1. The van der Waals surface area contributed by atoms with Crippen molar-refractivity contribution in [1.82, 2.24) is 15.1 Å². The molecule has 0 aliphatic carbocycles. The van der Waals surface area contributed by atoms with Crippen molar-refractivity contribution < 1.29 is 9.90 Å². The second-order valence-corrected chi connectivity index (χ2v) is 4.70. The smallest absolute Gasteiger partial charge is 0.257 e. The molecular formula is C11H17N3O2. The average molecular weight is 223 g/mol. The Hall–Kier alpha value is -1.36. The second kappa shape index (κ2) is 3.90. The number of H-pyrrole nitrogens is 1. The number of nitrogens with zero attached hydrogens (tertiary/aromatic N) is 2. The molecular weight excluding hydrogens is 206 g/mol. The Balaban J connectivity index is 2.05. The third-order valence-corrected chi connectivity index (χ3v) is 3.19. The van der Waals surface area contributed by atoms with Gasteiger partial charge >= 0.3 is 0 Å². The highest BCUT2D eigenvalue weighted by Gasteiger charge is 2.30. The molecule has 16 heavy (non-hydrogen) atoms. The maximum absolute atomic E-state index is 12.1. The molecule has 88 valence electrons. The highest BCUT2D eigenvalue weighted by atomic mass is 16.3. The van der Waals surface area contributed by atoms with Gasteiger partial charge in [-0.05, 0) is 26.7 Å². The Kier molecular flexibility index (Phi) is 2.71. The van der Waals surface area contributed by atoms with E-state index in [-0.39, 0.29) is 5.91 Å². The van der Waals surface area contributed by atoms with Crippen molar-refractivity contribution in [2.24, 2.45) is 0 Å². The highest BCUT2D eigenvalue weighted by Crippen LogP contribution is 2.22. The first-order chi connectivity index (χ1) is 7.49. The molecule has 1 aliphatic rings. The lowest BCUT2D eigenvalue weighted by molar-refractivity contribution is -0.00203. The zero-order chi connectivity index (χ0) is 11.8. The number of carbonyl (C=O) groups is 1. The van der Waals surface area contributed by atoms with Gasteiger partial charge in [-0.3, -0.25) is 9.89 Å². The summed E-state index contributed by atoms with van der Waals surface area (Å²) in [5.41, 5.74) is 0.797. The van der Waals surface area contributed by atoms with E-state index in [1.165, 1.54) is 0 Å². The van der Waals surface area contributed by atoms with E-state index >= 15 is 0 Å². The van der Waals surface area contributed by atoms with Gasteiger partial charge in [-0.25, -0.2) is 0 Å². The van der Waals surface area contributed by atoms with Crippen molar-refractivity contribution >= 4 is 5.91 Å². The van der Waals surface area contributed by atoms with Crippen LogP contribution in [-0.4, -0.2) is 44.8 Å². The van der Waals surface area contributed by atoms with Crippen LogP contribution in [0.15, 0.2) is 6.20 Å². The SMILES string of the molecule is Cc1[nH]ncc1C(=O)N1CCC(C)(O)CC1. The van der Waals surface area contributed by atoms with Crippen LogP contribution in [-0.2, 0) is 0 Å². The number of hydrogen-bond acceptors (Lipinski definition) is 3. The van der Waals surface area contributed by atoms with Crippen LogP contribution in [0.1, 0.15) is 35.8 Å². The first-order valence-electron chi connectivity index (χ1n) is 5.51. The summed E-state index contributed by atoms with van der Waals surface area (Å²) in [6, 6.07) is 0. The van der Waals surface area contributed by atoms with E-state index < -0.39 is 5.60 Å². The van der Waals surface area contributed by atoms with Crippen LogP contribution in [0.2, 0.25) is 0 Å². The summed E-state index contributed by atoms with van der Waals surface area (Å²) in [7, 11) is 0. The van der Waals surface area contributed by atoms with Gasteiger partial charge in [0.1, 0.15) is 0 Å². The molecule has 2 heterocycles. The molecule has 1 aliphatic heterocycles. The normalized spacial score (nSPS) is 19.8. The van der Waals surface area contributed by atoms with E-state index in [1.807, 2.05) is 13.8 Å². The molecule has 0 unspecified atom stereocenters. The average Bonchev–Trinajstić information content (AvgIpc) is 2.63.